The number of carboxylic acids is 1. The van der Waals surface area contributed by atoms with E-state index in [-0.39, 0.29) is 15.8 Å². The summed E-state index contributed by atoms with van der Waals surface area (Å²) in [7, 11) is -3.76. The normalized spacial score (nSPS) is 13.8. The summed E-state index contributed by atoms with van der Waals surface area (Å²) in [6, 6.07) is 1.09. The van der Waals surface area contributed by atoms with Crippen molar-refractivity contribution < 1.29 is 18.3 Å². The molecule has 0 aliphatic rings. The molecule has 1 heterocycles. The first kappa shape index (κ1) is 15.1. The molecule has 0 fully saturated rings. The molecule has 0 radical (unpaired) electrons. The Morgan fingerprint density at radius 1 is 1.44 bits per heavy atom. The second-order valence-corrected chi connectivity index (χ2v) is 7.17. The second kappa shape index (κ2) is 5.81. The van der Waals surface area contributed by atoms with Crippen molar-refractivity contribution in [1.29, 1.82) is 0 Å². The molecule has 0 bridgehead atoms. The number of thiophene rings is 1. The van der Waals surface area contributed by atoms with E-state index in [1.165, 1.54) is 11.4 Å². The van der Waals surface area contributed by atoms with E-state index in [1.807, 2.05) is 13.8 Å². The predicted molar refractivity (Wildman–Crippen MR) is 70.5 cm³/mol. The molecule has 1 aromatic heterocycles. The lowest BCUT2D eigenvalue weighted by molar-refractivity contribution is 0.0698. The minimum Gasteiger partial charge on any atom is -0.477 e. The number of hydrogen-bond acceptors (Lipinski definition) is 4. The van der Waals surface area contributed by atoms with Crippen LogP contribution in [0.2, 0.25) is 0 Å². The van der Waals surface area contributed by atoms with Crippen LogP contribution >= 0.6 is 11.3 Å². The molecule has 5 nitrogen and oxygen atoms in total. The highest BCUT2D eigenvalue weighted by molar-refractivity contribution is 7.89. The zero-order valence-corrected chi connectivity index (χ0v) is 12.1. The topological polar surface area (TPSA) is 83.5 Å². The summed E-state index contributed by atoms with van der Waals surface area (Å²) >= 11 is 0.907. The highest BCUT2D eigenvalue weighted by atomic mass is 32.2. The number of sulfonamides is 1. The van der Waals surface area contributed by atoms with Gasteiger partial charge in [-0.1, -0.05) is 13.8 Å². The van der Waals surface area contributed by atoms with Gasteiger partial charge in [0, 0.05) is 6.04 Å². The van der Waals surface area contributed by atoms with E-state index in [0.717, 1.165) is 11.3 Å². The van der Waals surface area contributed by atoms with Crippen molar-refractivity contribution in [2.45, 2.75) is 38.1 Å². The van der Waals surface area contributed by atoms with Gasteiger partial charge in [-0.2, -0.15) is 0 Å². The number of carbonyl (C=O) groups is 1. The summed E-state index contributed by atoms with van der Waals surface area (Å²) in [4.78, 5) is 10.6. The smallest absolute Gasteiger partial charge is 0.347 e. The molecule has 0 aliphatic carbocycles. The van der Waals surface area contributed by atoms with Crippen molar-refractivity contribution in [3.63, 3.8) is 0 Å². The number of hydrogen-bond donors (Lipinski definition) is 2. The van der Waals surface area contributed by atoms with E-state index in [1.54, 1.807) is 6.92 Å². The Labute approximate surface area is 111 Å². The highest BCUT2D eigenvalue weighted by Crippen LogP contribution is 2.22. The lowest BCUT2D eigenvalue weighted by Gasteiger charge is -2.15. The SMILES string of the molecule is CC(C)CC(C)NS(=O)(=O)c1ccsc1C(=O)O. The first-order valence-corrected chi connectivity index (χ1v) is 7.93. The predicted octanol–water partition coefficient (Wildman–Crippen LogP) is 2.16. The summed E-state index contributed by atoms with van der Waals surface area (Å²) in [5.41, 5.74) is 0. The molecule has 1 aromatic rings. The third-order valence-electron chi connectivity index (χ3n) is 2.29. The third kappa shape index (κ3) is 3.79. The molecule has 1 unspecified atom stereocenters. The number of rotatable bonds is 6. The van der Waals surface area contributed by atoms with Gasteiger partial charge >= 0.3 is 5.97 Å². The van der Waals surface area contributed by atoms with Crippen molar-refractivity contribution in [3.8, 4) is 0 Å². The molecular formula is C11H17NO4S2. The maximum atomic E-state index is 12.0. The number of aromatic carboxylic acids is 1. The van der Waals surface area contributed by atoms with Gasteiger partial charge in [-0.15, -0.1) is 11.3 Å². The Morgan fingerprint density at radius 3 is 2.56 bits per heavy atom. The first-order chi connectivity index (χ1) is 8.24. The van der Waals surface area contributed by atoms with Crippen LogP contribution < -0.4 is 4.72 Å². The highest BCUT2D eigenvalue weighted by Gasteiger charge is 2.25. The Morgan fingerprint density at radius 2 is 2.06 bits per heavy atom. The molecule has 0 aliphatic heterocycles. The van der Waals surface area contributed by atoms with E-state index in [4.69, 9.17) is 5.11 Å². The lowest BCUT2D eigenvalue weighted by Crippen LogP contribution is -2.34. The van der Waals surface area contributed by atoms with Gasteiger partial charge in [0.2, 0.25) is 10.0 Å². The minimum atomic E-state index is -3.76. The Bertz CT molecular complexity index is 519. The monoisotopic (exact) mass is 291 g/mol. The molecule has 102 valence electrons. The number of carboxylic acid groups (broad SMARTS) is 1. The fraction of sp³-hybridized carbons (Fsp3) is 0.545. The van der Waals surface area contributed by atoms with Gasteiger partial charge in [0.15, 0.2) is 0 Å². The maximum absolute atomic E-state index is 12.0. The van der Waals surface area contributed by atoms with Gasteiger partial charge in [-0.05, 0) is 30.7 Å². The molecule has 2 N–H and O–H groups in total. The molecule has 7 heteroatoms. The van der Waals surface area contributed by atoms with Gasteiger partial charge < -0.3 is 5.11 Å². The average Bonchev–Trinajstić information content (AvgIpc) is 2.63. The molecule has 1 rings (SSSR count). The summed E-state index contributed by atoms with van der Waals surface area (Å²) in [6.07, 6.45) is 0.700. The van der Waals surface area contributed by atoms with Gasteiger partial charge in [-0.25, -0.2) is 17.9 Å². The zero-order valence-electron chi connectivity index (χ0n) is 10.5. The maximum Gasteiger partial charge on any atom is 0.347 e. The fourth-order valence-corrected chi connectivity index (χ4v) is 4.26. The fourth-order valence-electron chi connectivity index (χ4n) is 1.75. The second-order valence-electron chi connectivity index (χ2n) is 4.57. The van der Waals surface area contributed by atoms with Crippen molar-refractivity contribution in [3.05, 3.63) is 16.3 Å². The largest absolute Gasteiger partial charge is 0.477 e. The Balaban J connectivity index is 2.93. The average molecular weight is 291 g/mol. The van der Waals surface area contributed by atoms with E-state index in [0.29, 0.717) is 12.3 Å². The van der Waals surface area contributed by atoms with Gasteiger partial charge in [0.25, 0.3) is 0 Å². The summed E-state index contributed by atoms with van der Waals surface area (Å²) in [5, 5.41) is 10.4. The van der Waals surface area contributed by atoms with Crippen molar-refractivity contribution in [2.24, 2.45) is 5.92 Å². The van der Waals surface area contributed by atoms with Crippen LogP contribution in [0, 0.1) is 5.92 Å². The molecule has 0 spiro atoms. The van der Waals surface area contributed by atoms with Crippen LogP contribution in [-0.4, -0.2) is 25.5 Å². The van der Waals surface area contributed by atoms with Crippen LogP contribution in [0.25, 0.3) is 0 Å². The van der Waals surface area contributed by atoms with Crippen LogP contribution in [0.1, 0.15) is 36.9 Å². The van der Waals surface area contributed by atoms with E-state index < -0.39 is 16.0 Å². The zero-order chi connectivity index (χ0) is 13.9. The molecule has 0 saturated heterocycles. The van der Waals surface area contributed by atoms with E-state index >= 15 is 0 Å². The molecule has 0 aromatic carbocycles. The number of nitrogens with one attached hydrogen (secondary N) is 1. The molecule has 0 saturated carbocycles. The van der Waals surface area contributed by atoms with Crippen molar-refractivity contribution >= 4 is 27.3 Å². The third-order valence-corrected chi connectivity index (χ3v) is 4.96. The van der Waals surface area contributed by atoms with Crippen LogP contribution in [0.3, 0.4) is 0 Å². The van der Waals surface area contributed by atoms with E-state index in [2.05, 4.69) is 4.72 Å². The summed E-state index contributed by atoms with van der Waals surface area (Å²) < 4.78 is 26.6. The minimum absolute atomic E-state index is 0.153. The van der Waals surface area contributed by atoms with Gasteiger partial charge in [-0.3, -0.25) is 0 Å². The summed E-state index contributed by atoms with van der Waals surface area (Å²) in [6.45, 7) is 5.76. The quantitative estimate of drug-likeness (QED) is 0.841. The van der Waals surface area contributed by atoms with Crippen LogP contribution in [0.5, 0.6) is 0 Å². The first-order valence-electron chi connectivity index (χ1n) is 5.57. The van der Waals surface area contributed by atoms with Gasteiger partial charge in [0.1, 0.15) is 9.77 Å². The van der Waals surface area contributed by atoms with Crippen LogP contribution in [0.4, 0.5) is 0 Å². The van der Waals surface area contributed by atoms with Crippen LogP contribution in [-0.2, 0) is 10.0 Å². The van der Waals surface area contributed by atoms with Crippen LogP contribution in [0.15, 0.2) is 16.3 Å². The lowest BCUT2D eigenvalue weighted by atomic mass is 10.1. The van der Waals surface area contributed by atoms with Crippen molar-refractivity contribution in [1.82, 2.24) is 4.72 Å². The molecule has 18 heavy (non-hydrogen) atoms. The molecule has 1 atom stereocenters. The van der Waals surface area contributed by atoms with E-state index in [9.17, 15) is 13.2 Å². The Hall–Kier alpha value is -0.920. The standard InChI is InChI=1S/C11H17NO4S2/c1-7(2)6-8(3)12-18(15,16)9-4-5-17-10(9)11(13)14/h4-5,7-8,12H,6H2,1-3H3,(H,13,14). The van der Waals surface area contributed by atoms with Gasteiger partial charge in [0.05, 0.1) is 0 Å². The molecular weight excluding hydrogens is 274 g/mol. The molecule has 0 amide bonds. The van der Waals surface area contributed by atoms with Crippen molar-refractivity contribution in [2.75, 3.05) is 0 Å². The Kier molecular flexibility index (Phi) is 4.89. The summed E-state index contributed by atoms with van der Waals surface area (Å²) in [5.74, 6) is -0.856.